The van der Waals surface area contributed by atoms with Gasteiger partial charge in [0.2, 0.25) is 0 Å². The second-order valence-electron chi connectivity index (χ2n) is 8.58. The molecule has 2 aromatic carbocycles. The van der Waals surface area contributed by atoms with Crippen LogP contribution in [0.3, 0.4) is 0 Å². The Morgan fingerprint density at radius 1 is 1.03 bits per heavy atom. The van der Waals surface area contributed by atoms with Gasteiger partial charge >= 0.3 is 0 Å². The third-order valence-electron chi connectivity index (χ3n) is 6.29. The van der Waals surface area contributed by atoms with E-state index in [1.165, 1.54) is 11.1 Å². The van der Waals surface area contributed by atoms with Crippen molar-refractivity contribution in [1.82, 2.24) is 9.88 Å². The number of hydrogen-bond donors (Lipinski definition) is 1. The first kappa shape index (κ1) is 23.8. The zero-order valence-electron chi connectivity index (χ0n) is 20.1. The van der Waals surface area contributed by atoms with Crippen molar-refractivity contribution in [2.24, 2.45) is 10.7 Å². The van der Waals surface area contributed by atoms with E-state index in [9.17, 15) is 0 Å². The Balaban J connectivity index is 1.85. The van der Waals surface area contributed by atoms with Gasteiger partial charge in [-0.15, -0.1) is 0 Å². The number of nitrogens with zero attached hydrogens (tertiary/aromatic N) is 3. The summed E-state index contributed by atoms with van der Waals surface area (Å²) < 4.78 is 0. The smallest absolute Gasteiger partial charge is 0.0938 e. The molecule has 1 unspecified atom stereocenters. The van der Waals surface area contributed by atoms with Crippen LogP contribution in [-0.2, 0) is 19.4 Å². The van der Waals surface area contributed by atoms with Crippen molar-refractivity contribution < 1.29 is 0 Å². The van der Waals surface area contributed by atoms with Crippen molar-refractivity contribution in [1.29, 1.82) is 0 Å². The summed E-state index contributed by atoms with van der Waals surface area (Å²) in [6.07, 6.45) is 3.62. The second kappa shape index (κ2) is 10.3. The molecule has 1 aliphatic heterocycles. The number of aliphatic imine (C=N–C) groups is 1. The summed E-state index contributed by atoms with van der Waals surface area (Å²) in [5.74, 6) is 0. The third-order valence-corrected chi connectivity index (χ3v) is 6.54. The van der Waals surface area contributed by atoms with E-state index >= 15 is 0 Å². The lowest BCUT2D eigenvalue weighted by molar-refractivity contribution is 0.315. The van der Waals surface area contributed by atoms with Gasteiger partial charge in [-0.1, -0.05) is 68.4 Å². The number of hydrogen-bond acceptors (Lipinski definition) is 4. The van der Waals surface area contributed by atoms with E-state index in [0.29, 0.717) is 11.6 Å². The normalized spacial score (nSPS) is 18.6. The summed E-state index contributed by atoms with van der Waals surface area (Å²) in [4.78, 5) is 11.9. The van der Waals surface area contributed by atoms with E-state index in [2.05, 4.69) is 66.7 Å². The lowest BCUT2D eigenvalue weighted by Gasteiger charge is -2.28. The maximum absolute atomic E-state index is 6.51. The fourth-order valence-electron chi connectivity index (χ4n) is 4.44. The van der Waals surface area contributed by atoms with Crippen LogP contribution in [0.2, 0.25) is 5.02 Å². The van der Waals surface area contributed by atoms with Gasteiger partial charge in [-0.25, -0.2) is 4.99 Å². The van der Waals surface area contributed by atoms with Crippen LogP contribution in [-0.4, -0.2) is 15.6 Å². The fourth-order valence-corrected chi connectivity index (χ4v) is 4.57. The molecule has 174 valence electrons. The first-order valence-corrected chi connectivity index (χ1v) is 12.1. The largest absolute Gasteiger partial charge is 0.402 e. The molecule has 5 heteroatoms. The Bertz CT molecular complexity index is 1240. The number of pyridine rings is 1. The number of allylic oxidation sites excluding steroid dienone is 2. The zero-order valence-corrected chi connectivity index (χ0v) is 20.8. The van der Waals surface area contributed by atoms with Gasteiger partial charge < -0.3 is 10.6 Å². The standard InChI is InChI=1S/C29H31ClN4/c1-5-21-9-11-22(12-10-21)18-34-20(4)28(33-26-8-7-17-32-25(26)6-2)27(19(3)31)29(34)23-13-15-24(30)16-14-23/h7-17,29H,4-6,18,31H2,1-3H3. The van der Waals surface area contributed by atoms with Gasteiger partial charge in [0.25, 0.3) is 0 Å². The second-order valence-corrected chi connectivity index (χ2v) is 9.02. The van der Waals surface area contributed by atoms with Gasteiger partial charge in [-0.05, 0) is 60.7 Å². The Labute approximate surface area is 207 Å². The summed E-state index contributed by atoms with van der Waals surface area (Å²) in [5, 5.41) is 0.703. The molecule has 0 amide bonds. The predicted octanol–water partition coefficient (Wildman–Crippen LogP) is 6.94. The summed E-state index contributed by atoms with van der Waals surface area (Å²) in [5.41, 5.74) is 15.3. The number of halogens is 1. The van der Waals surface area contributed by atoms with Gasteiger partial charge in [0.1, 0.15) is 0 Å². The molecule has 2 heterocycles. The molecule has 34 heavy (non-hydrogen) atoms. The summed E-state index contributed by atoms with van der Waals surface area (Å²) in [6, 6.07) is 20.5. The minimum Gasteiger partial charge on any atom is -0.402 e. The van der Waals surface area contributed by atoms with Crippen LogP contribution in [0.4, 0.5) is 5.69 Å². The van der Waals surface area contributed by atoms with Crippen LogP contribution in [0.25, 0.3) is 0 Å². The average Bonchev–Trinajstić information content (AvgIpc) is 3.12. The van der Waals surface area contributed by atoms with Crippen LogP contribution in [0.1, 0.15) is 49.2 Å². The van der Waals surface area contributed by atoms with Gasteiger partial charge in [-0.2, -0.15) is 0 Å². The summed E-state index contributed by atoms with van der Waals surface area (Å²) >= 11 is 6.21. The van der Waals surface area contributed by atoms with Crippen LogP contribution in [0, 0.1) is 0 Å². The molecule has 0 spiro atoms. The van der Waals surface area contributed by atoms with Crippen LogP contribution in [0.15, 0.2) is 95.4 Å². The minimum atomic E-state index is -0.110. The molecular formula is C29H31ClN4. The highest BCUT2D eigenvalue weighted by Crippen LogP contribution is 2.43. The highest BCUT2D eigenvalue weighted by Gasteiger charge is 2.39. The molecule has 1 fully saturated rings. The molecule has 2 N–H and O–H groups in total. The predicted molar refractivity (Wildman–Crippen MR) is 142 cm³/mol. The molecule has 0 bridgehead atoms. The molecule has 1 saturated heterocycles. The van der Waals surface area contributed by atoms with E-state index in [1.54, 1.807) is 6.20 Å². The monoisotopic (exact) mass is 470 g/mol. The van der Waals surface area contributed by atoms with E-state index < -0.39 is 0 Å². The van der Waals surface area contributed by atoms with Crippen molar-refractivity contribution in [3.8, 4) is 0 Å². The average molecular weight is 471 g/mol. The molecule has 0 aliphatic carbocycles. The quantitative estimate of drug-likeness (QED) is 0.424. The Kier molecular flexibility index (Phi) is 7.18. The van der Waals surface area contributed by atoms with Crippen molar-refractivity contribution in [2.75, 3.05) is 0 Å². The first-order chi connectivity index (χ1) is 16.4. The van der Waals surface area contributed by atoms with Crippen molar-refractivity contribution >= 4 is 23.0 Å². The lowest BCUT2D eigenvalue weighted by atomic mass is 9.96. The van der Waals surface area contributed by atoms with E-state index in [0.717, 1.165) is 52.5 Å². The number of aromatic nitrogens is 1. The van der Waals surface area contributed by atoms with Crippen molar-refractivity contribution in [3.63, 3.8) is 0 Å². The Morgan fingerprint density at radius 2 is 1.71 bits per heavy atom. The highest BCUT2D eigenvalue weighted by atomic mass is 35.5. The molecule has 4 nitrogen and oxygen atoms in total. The summed E-state index contributed by atoms with van der Waals surface area (Å²) in [7, 11) is 0. The maximum atomic E-state index is 6.51. The molecule has 1 atom stereocenters. The van der Waals surface area contributed by atoms with Crippen LogP contribution < -0.4 is 5.73 Å². The maximum Gasteiger partial charge on any atom is 0.0938 e. The lowest BCUT2D eigenvalue weighted by Crippen LogP contribution is -2.22. The van der Waals surface area contributed by atoms with Gasteiger partial charge in [-0.3, -0.25) is 4.98 Å². The number of benzene rings is 2. The Morgan fingerprint density at radius 3 is 2.32 bits per heavy atom. The highest BCUT2D eigenvalue weighted by molar-refractivity contribution is 6.30. The van der Waals surface area contributed by atoms with Crippen LogP contribution in [0.5, 0.6) is 0 Å². The van der Waals surface area contributed by atoms with Crippen LogP contribution >= 0.6 is 11.6 Å². The molecule has 4 rings (SSSR count). The summed E-state index contributed by atoms with van der Waals surface area (Å²) in [6.45, 7) is 11.4. The van der Waals surface area contributed by atoms with E-state index in [1.807, 2.05) is 31.2 Å². The topological polar surface area (TPSA) is 54.5 Å². The molecule has 3 aromatic rings. The SMILES string of the molecule is C=C1C(=Nc2cccnc2CC)C(=C(C)N)C(c2ccc(Cl)cc2)N1Cc1ccc(CC)cc1. The van der Waals surface area contributed by atoms with E-state index in [4.69, 9.17) is 22.3 Å². The van der Waals surface area contributed by atoms with Crippen molar-refractivity contribution in [3.05, 3.63) is 118 Å². The number of rotatable bonds is 6. The molecule has 0 saturated carbocycles. The van der Waals surface area contributed by atoms with Gasteiger partial charge in [0, 0.05) is 29.0 Å². The molecule has 0 radical (unpaired) electrons. The van der Waals surface area contributed by atoms with Gasteiger partial charge in [0.05, 0.1) is 28.8 Å². The zero-order chi connectivity index (χ0) is 24.2. The third kappa shape index (κ3) is 4.78. The fraction of sp³-hybridized carbons (Fsp3) is 0.241. The number of aryl methyl sites for hydroxylation is 2. The number of likely N-dealkylation sites (tertiary alicyclic amines) is 1. The Hall–Kier alpha value is -3.37. The van der Waals surface area contributed by atoms with Gasteiger partial charge in [0.15, 0.2) is 0 Å². The van der Waals surface area contributed by atoms with E-state index in [-0.39, 0.29) is 6.04 Å². The molecule has 1 aliphatic rings. The molecular weight excluding hydrogens is 440 g/mol. The number of nitrogens with two attached hydrogens (primary N) is 1. The minimum absolute atomic E-state index is 0.110. The molecule has 1 aromatic heterocycles. The first-order valence-electron chi connectivity index (χ1n) is 11.7. The van der Waals surface area contributed by atoms with Crippen molar-refractivity contribution in [2.45, 2.75) is 46.2 Å².